The largest absolute Gasteiger partial charge is 0.483 e. The Kier molecular flexibility index (Phi) is 4.59. The summed E-state index contributed by atoms with van der Waals surface area (Å²) in [5.41, 5.74) is 1.26. The van der Waals surface area contributed by atoms with Gasteiger partial charge in [0.1, 0.15) is 5.75 Å². The van der Waals surface area contributed by atoms with E-state index >= 15 is 0 Å². The van der Waals surface area contributed by atoms with E-state index in [1.54, 1.807) is 0 Å². The van der Waals surface area contributed by atoms with Gasteiger partial charge in [-0.25, -0.2) is 0 Å². The van der Waals surface area contributed by atoms with Gasteiger partial charge >= 0.3 is 0 Å². The van der Waals surface area contributed by atoms with Crippen LogP contribution in [-0.2, 0) is 11.2 Å². The SMILES string of the molecule is CCc1ccc(OCC(=O)NC2C3CC4CC(C3)CC2C4)c(Br)c1. The highest BCUT2D eigenvalue weighted by Gasteiger charge is 2.48. The molecule has 0 aliphatic heterocycles. The quantitative estimate of drug-likeness (QED) is 0.810. The van der Waals surface area contributed by atoms with Gasteiger partial charge in [-0.2, -0.15) is 0 Å². The number of benzene rings is 1. The first-order valence-electron chi connectivity index (χ1n) is 9.33. The molecule has 0 spiro atoms. The molecule has 0 atom stereocenters. The Hall–Kier alpha value is -1.03. The molecule has 1 amide bonds. The van der Waals surface area contributed by atoms with Gasteiger partial charge in [0.25, 0.3) is 5.91 Å². The number of nitrogens with one attached hydrogen (secondary N) is 1. The molecule has 0 heterocycles. The molecule has 3 nitrogen and oxygen atoms in total. The smallest absolute Gasteiger partial charge is 0.258 e. The molecule has 24 heavy (non-hydrogen) atoms. The Bertz CT molecular complexity index is 602. The Balaban J connectivity index is 1.32. The van der Waals surface area contributed by atoms with Crippen molar-refractivity contribution >= 4 is 21.8 Å². The molecule has 130 valence electrons. The van der Waals surface area contributed by atoms with Gasteiger partial charge in [0.05, 0.1) is 4.47 Å². The van der Waals surface area contributed by atoms with Gasteiger partial charge in [0, 0.05) is 6.04 Å². The molecule has 4 fully saturated rings. The summed E-state index contributed by atoms with van der Waals surface area (Å²) in [6.45, 7) is 2.23. The van der Waals surface area contributed by atoms with E-state index in [0.29, 0.717) is 17.9 Å². The Morgan fingerprint density at radius 1 is 1.17 bits per heavy atom. The first-order valence-corrected chi connectivity index (χ1v) is 10.1. The summed E-state index contributed by atoms with van der Waals surface area (Å²) in [6, 6.07) is 6.44. The highest BCUT2D eigenvalue weighted by molar-refractivity contribution is 9.10. The normalized spacial score (nSPS) is 33.5. The van der Waals surface area contributed by atoms with Crippen LogP contribution in [0, 0.1) is 23.7 Å². The van der Waals surface area contributed by atoms with E-state index in [9.17, 15) is 4.79 Å². The molecule has 4 aliphatic carbocycles. The third-order valence-corrected chi connectivity index (χ3v) is 6.94. The van der Waals surface area contributed by atoms with Crippen molar-refractivity contribution in [1.82, 2.24) is 5.32 Å². The fourth-order valence-corrected chi connectivity index (χ4v) is 5.95. The molecule has 1 aromatic rings. The highest BCUT2D eigenvalue weighted by atomic mass is 79.9. The minimum atomic E-state index is 0.0268. The zero-order valence-electron chi connectivity index (χ0n) is 14.3. The second-order valence-electron chi connectivity index (χ2n) is 7.93. The number of hydrogen-bond donors (Lipinski definition) is 1. The van der Waals surface area contributed by atoms with Crippen LogP contribution >= 0.6 is 15.9 Å². The standard InChI is InChI=1S/C20H26BrNO2/c1-2-12-3-4-18(17(21)10-12)24-11-19(23)22-20-15-6-13-5-14(8-15)9-16(20)7-13/h3-4,10,13-16,20H,2,5-9,11H2,1H3,(H,22,23). The number of ether oxygens (including phenoxy) is 1. The van der Waals surface area contributed by atoms with Crippen LogP contribution in [0.15, 0.2) is 22.7 Å². The molecule has 0 radical (unpaired) electrons. The monoisotopic (exact) mass is 391 g/mol. The average Bonchev–Trinajstić information content (AvgIpc) is 2.56. The van der Waals surface area contributed by atoms with E-state index < -0.39 is 0 Å². The van der Waals surface area contributed by atoms with Crippen molar-refractivity contribution in [2.45, 2.75) is 51.5 Å². The van der Waals surface area contributed by atoms with Crippen LogP contribution in [0.2, 0.25) is 0 Å². The molecule has 4 bridgehead atoms. The van der Waals surface area contributed by atoms with Crippen molar-refractivity contribution < 1.29 is 9.53 Å². The Labute approximate surface area is 152 Å². The predicted octanol–water partition coefficient (Wildman–Crippen LogP) is 4.33. The summed E-state index contributed by atoms with van der Waals surface area (Å²) < 4.78 is 6.65. The van der Waals surface area contributed by atoms with Crippen molar-refractivity contribution in [2.24, 2.45) is 23.7 Å². The van der Waals surface area contributed by atoms with Gasteiger partial charge in [0.15, 0.2) is 6.61 Å². The first kappa shape index (κ1) is 16.4. The summed E-state index contributed by atoms with van der Waals surface area (Å²) in [5.74, 6) is 4.06. The maximum atomic E-state index is 12.4. The Morgan fingerprint density at radius 3 is 2.42 bits per heavy atom. The second kappa shape index (κ2) is 6.70. The van der Waals surface area contributed by atoms with E-state index in [4.69, 9.17) is 4.74 Å². The third kappa shape index (κ3) is 3.22. The maximum absolute atomic E-state index is 12.4. The van der Waals surface area contributed by atoms with Gasteiger partial charge in [0.2, 0.25) is 0 Å². The molecule has 0 unspecified atom stereocenters. The molecule has 0 saturated heterocycles. The zero-order chi connectivity index (χ0) is 16.7. The number of carbonyl (C=O) groups is 1. The van der Waals surface area contributed by atoms with Gasteiger partial charge in [-0.05, 0) is 95.8 Å². The van der Waals surface area contributed by atoms with Crippen LogP contribution in [-0.4, -0.2) is 18.6 Å². The molecule has 4 aliphatic rings. The lowest BCUT2D eigenvalue weighted by Crippen LogP contribution is -2.56. The van der Waals surface area contributed by atoms with Crippen LogP contribution in [0.3, 0.4) is 0 Å². The van der Waals surface area contributed by atoms with Gasteiger partial charge < -0.3 is 10.1 Å². The van der Waals surface area contributed by atoms with E-state index in [1.807, 2.05) is 6.07 Å². The van der Waals surface area contributed by atoms with E-state index in [-0.39, 0.29) is 12.5 Å². The number of carbonyl (C=O) groups excluding carboxylic acids is 1. The van der Waals surface area contributed by atoms with Crippen LogP contribution in [0.25, 0.3) is 0 Å². The van der Waals surface area contributed by atoms with Gasteiger partial charge in [-0.3, -0.25) is 4.79 Å². The number of halogens is 1. The number of hydrogen-bond acceptors (Lipinski definition) is 2. The summed E-state index contributed by atoms with van der Waals surface area (Å²) in [6.07, 6.45) is 7.72. The van der Waals surface area contributed by atoms with Crippen LogP contribution in [0.5, 0.6) is 5.75 Å². The van der Waals surface area contributed by atoms with Crippen molar-refractivity contribution in [3.63, 3.8) is 0 Å². The minimum Gasteiger partial charge on any atom is -0.483 e. The lowest BCUT2D eigenvalue weighted by Gasteiger charge is -2.54. The average molecular weight is 392 g/mol. The van der Waals surface area contributed by atoms with E-state index in [0.717, 1.165) is 28.5 Å². The van der Waals surface area contributed by atoms with Crippen LogP contribution in [0.1, 0.15) is 44.6 Å². The van der Waals surface area contributed by atoms with Crippen LogP contribution in [0.4, 0.5) is 0 Å². The van der Waals surface area contributed by atoms with Crippen molar-refractivity contribution in [2.75, 3.05) is 6.61 Å². The third-order valence-electron chi connectivity index (χ3n) is 6.32. The Morgan fingerprint density at radius 2 is 1.83 bits per heavy atom. The first-order chi connectivity index (χ1) is 11.6. The van der Waals surface area contributed by atoms with Crippen LogP contribution < -0.4 is 10.1 Å². The van der Waals surface area contributed by atoms with Crippen molar-refractivity contribution in [3.8, 4) is 5.75 Å². The van der Waals surface area contributed by atoms with Crippen molar-refractivity contribution in [1.29, 1.82) is 0 Å². The summed E-state index contributed by atoms with van der Waals surface area (Å²) >= 11 is 3.53. The molecule has 1 N–H and O–H groups in total. The molecule has 5 rings (SSSR count). The molecule has 0 aromatic heterocycles. The number of rotatable bonds is 5. The lowest BCUT2D eigenvalue weighted by atomic mass is 9.54. The molecule has 4 heteroatoms. The molecular formula is C20H26BrNO2. The molecule has 4 saturated carbocycles. The second-order valence-corrected chi connectivity index (χ2v) is 8.79. The van der Waals surface area contributed by atoms with Crippen molar-refractivity contribution in [3.05, 3.63) is 28.2 Å². The molecular weight excluding hydrogens is 366 g/mol. The fraction of sp³-hybridized carbons (Fsp3) is 0.650. The summed E-state index contributed by atoms with van der Waals surface area (Å²) in [7, 11) is 0. The number of aryl methyl sites for hydroxylation is 1. The number of amides is 1. The summed E-state index contributed by atoms with van der Waals surface area (Å²) in [4.78, 5) is 12.4. The topological polar surface area (TPSA) is 38.3 Å². The maximum Gasteiger partial charge on any atom is 0.258 e. The zero-order valence-corrected chi connectivity index (χ0v) is 15.8. The van der Waals surface area contributed by atoms with Gasteiger partial charge in [-0.1, -0.05) is 13.0 Å². The van der Waals surface area contributed by atoms with E-state index in [1.165, 1.54) is 37.7 Å². The van der Waals surface area contributed by atoms with E-state index in [2.05, 4.69) is 40.3 Å². The molecule has 1 aromatic carbocycles. The predicted molar refractivity (Wildman–Crippen MR) is 98.0 cm³/mol. The minimum absolute atomic E-state index is 0.0268. The fourth-order valence-electron chi connectivity index (χ4n) is 5.41. The van der Waals surface area contributed by atoms with Gasteiger partial charge in [-0.15, -0.1) is 0 Å². The summed E-state index contributed by atoms with van der Waals surface area (Å²) in [5, 5.41) is 3.30. The highest BCUT2D eigenvalue weighted by Crippen LogP contribution is 2.53. The lowest BCUT2D eigenvalue weighted by molar-refractivity contribution is -0.127.